The Morgan fingerprint density at radius 3 is 2.56 bits per heavy atom. The van der Waals surface area contributed by atoms with Crippen molar-refractivity contribution in [2.24, 2.45) is 0 Å². The molecule has 0 radical (unpaired) electrons. The second-order valence-corrected chi connectivity index (χ2v) is 3.18. The summed E-state index contributed by atoms with van der Waals surface area (Å²) in [5.74, 6) is -0.460. The van der Waals surface area contributed by atoms with Gasteiger partial charge in [-0.1, -0.05) is 0 Å². The summed E-state index contributed by atoms with van der Waals surface area (Å²) >= 11 is 0. The summed E-state index contributed by atoms with van der Waals surface area (Å²) < 4.78 is 4.80. The number of aliphatic hydroxyl groups is 2. The third-order valence-corrected chi connectivity index (χ3v) is 1.85. The monoisotopic (exact) mass is 259 g/mol. The van der Waals surface area contributed by atoms with E-state index in [0.29, 0.717) is 6.07 Å². The Bertz CT molecular complexity index is 464. The number of rotatable bonds is 6. The zero-order chi connectivity index (χ0) is 13.7. The quantitative estimate of drug-likeness (QED) is 0.519. The van der Waals surface area contributed by atoms with Crippen molar-refractivity contribution in [2.45, 2.75) is 6.10 Å². The summed E-state index contributed by atoms with van der Waals surface area (Å²) in [5.41, 5.74) is -1.23. The number of nitrogens with zero attached hydrogens (tertiary/aromatic N) is 3. The van der Waals surface area contributed by atoms with Crippen LogP contribution in [0.25, 0.3) is 0 Å². The normalized spacial score (nSPS) is 11.9. The van der Waals surface area contributed by atoms with E-state index in [1.807, 2.05) is 0 Å². The fourth-order valence-corrected chi connectivity index (χ4v) is 1.000. The molecular formula is C8H9N3O7. The molecule has 0 aromatic carbocycles. The highest BCUT2D eigenvalue weighted by molar-refractivity contribution is 5.48. The number of ether oxygens (including phenoxy) is 1. The Balaban J connectivity index is 2.97. The number of hydrogen-bond donors (Lipinski definition) is 2. The molecule has 1 atom stereocenters. The van der Waals surface area contributed by atoms with Crippen LogP contribution in [-0.2, 0) is 0 Å². The first kappa shape index (κ1) is 13.7. The van der Waals surface area contributed by atoms with Crippen molar-refractivity contribution in [2.75, 3.05) is 13.2 Å². The molecule has 10 nitrogen and oxygen atoms in total. The Labute approximate surface area is 99.8 Å². The molecule has 18 heavy (non-hydrogen) atoms. The molecule has 0 aliphatic carbocycles. The Morgan fingerprint density at radius 2 is 2.06 bits per heavy atom. The molecule has 1 heterocycles. The maximum Gasteiger partial charge on any atom is 0.337 e. The van der Waals surface area contributed by atoms with Gasteiger partial charge >= 0.3 is 5.69 Å². The van der Waals surface area contributed by atoms with Crippen molar-refractivity contribution in [3.8, 4) is 5.88 Å². The summed E-state index contributed by atoms with van der Waals surface area (Å²) in [5, 5.41) is 38.6. The van der Waals surface area contributed by atoms with Gasteiger partial charge in [0, 0.05) is 0 Å². The molecule has 0 spiro atoms. The van der Waals surface area contributed by atoms with Crippen molar-refractivity contribution >= 4 is 11.4 Å². The van der Waals surface area contributed by atoms with Crippen molar-refractivity contribution in [3.05, 3.63) is 32.5 Å². The minimum Gasteiger partial charge on any atom is -0.470 e. The van der Waals surface area contributed by atoms with Crippen LogP contribution in [0.3, 0.4) is 0 Å². The van der Waals surface area contributed by atoms with Gasteiger partial charge in [-0.05, 0) is 0 Å². The van der Waals surface area contributed by atoms with Crippen LogP contribution in [0.15, 0.2) is 12.3 Å². The predicted molar refractivity (Wildman–Crippen MR) is 56.1 cm³/mol. The number of pyridine rings is 1. The van der Waals surface area contributed by atoms with E-state index in [9.17, 15) is 20.2 Å². The van der Waals surface area contributed by atoms with Crippen molar-refractivity contribution in [3.63, 3.8) is 0 Å². The van der Waals surface area contributed by atoms with Crippen LogP contribution >= 0.6 is 0 Å². The van der Waals surface area contributed by atoms with Crippen molar-refractivity contribution in [1.82, 2.24) is 4.98 Å². The molecule has 98 valence electrons. The molecule has 0 fully saturated rings. The summed E-state index contributed by atoms with van der Waals surface area (Å²) in [7, 11) is 0. The van der Waals surface area contributed by atoms with Gasteiger partial charge in [0.15, 0.2) is 0 Å². The molecule has 0 aliphatic heterocycles. The lowest BCUT2D eigenvalue weighted by molar-refractivity contribution is -0.395. The molecule has 0 saturated carbocycles. The first-order chi connectivity index (χ1) is 8.45. The standard InChI is InChI=1S/C8H9N3O7/c12-3-6(13)4-18-8-7(11(16)17)1-5(2-9-8)10(14)15/h1-2,6,12-13H,3-4H2. The van der Waals surface area contributed by atoms with E-state index in [4.69, 9.17) is 14.9 Å². The van der Waals surface area contributed by atoms with Crippen LogP contribution in [0.2, 0.25) is 0 Å². The van der Waals surface area contributed by atoms with E-state index in [2.05, 4.69) is 4.98 Å². The molecule has 0 amide bonds. The Morgan fingerprint density at radius 1 is 1.39 bits per heavy atom. The highest BCUT2D eigenvalue weighted by atomic mass is 16.6. The lowest BCUT2D eigenvalue weighted by Crippen LogP contribution is -2.21. The van der Waals surface area contributed by atoms with Gasteiger partial charge < -0.3 is 14.9 Å². The highest BCUT2D eigenvalue weighted by Gasteiger charge is 2.22. The minimum absolute atomic E-state index is 0.415. The summed E-state index contributed by atoms with van der Waals surface area (Å²) in [4.78, 5) is 22.8. The fourth-order valence-electron chi connectivity index (χ4n) is 1.000. The number of nitro groups is 2. The Kier molecular flexibility index (Phi) is 4.45. The van der Waals surface area contributed by atoms with Crippen LogP contribution in [0, 0.1) is 20.2 Å². The molecule has 0 aliphatic rings. The largest absolute Gasteiger partial charge is 0.470 e. The van der Waals surface area contributed by atoms with E-state index < -0.39 is 46.4 Å². The van der Waals surface area contributed by atoms with Crippen LogP contribution in [0.1, 0.15) is 0 Å². The second kappa shape index (κ2) is 5.84. The van der Waals surface area contributed by atoms with E-state index >= 15 is 0 Å². The molecule has 1 rings (SSSR count). The van der Waals surface area contributed by atoms with Crippen LogP contribution in [0.5, 0.6) is 5.88 Å². The topological polar surface area (TPSA) is 149 Å². The second-order valence-electron chi connectivity index (χ2n) is 3.18. The van der Waals surface area contributed by atoms with Gasteiger partial charge in [-0.25, -0.2) is 4.98 Å². The SMILES string of the molecule is O=[N+]([O-])c1cnc(OCC(O)CO)c([N+](=O)[O-])c1. The summed E-state index contributed by atoms with van der Waals surface area (Å²) in [6.07, 6.45) is -0.421. The lowest BCUT2D eigenvalue weighted by Gasteiger charge is -2.08. The molecule has 10 heteroatoms. The van der Waals surface area contributed by atoms with Crippen molar-refractivity contribution < 1.29 is 24.8 Å². The van der Waals surface area contributed by atoms with Crippen LogP contribution < -0.4 is 4.74 Å². The van der Waals surface area contributed by atoms with Gasteiger partial charge in [0.1, 0.15) is 25.0 Å². The van der Waals surface area contributed by atoms with E-state index in [0.717, 1.165) is 6.20 Å². The van der Waals surface area contributed by atoms with Gasteiger partial charge in [0.2, 0.25) is 0 Å². The number of hydrogen-bond acceptors (Lipinski definition) is 8. The zero-order valence-electron chi connectivity index (χ0n) is 8.92. The molecular weight excluding hydrogens is 250 g/mol. The highest BCUT2D eigenvalue weighted by Crippen LogP contribution is 2.28. The molecule has 1 unspecified atom stereocenters. The maximum atomic E-state index is 10.7. The molecule has 0 bridgehead atoms. The first-order valence-electron chi connectivity index (χ1n) is 4.66. The summed E-state index contributed by atoms with van der Waals surface area (Å²) in [6.45, 7) is -0.997. The van der Waals surface area contributed by atoms with Gasteiger partial charge in [-0.2, -0.15) is 0 Å². The van der Waals surface area contributed by atoms with Gasteiger partial charge in [-0.3, -0.25) is 20.2 Å². The van der Waals surface area contributed by atoms with Gasteiger partial charge in [0.05, 0.1) is 16.5 Å². The van der Waals surface area contributed by atoms with Gasteiger partial charge in [0.25, 0.3) is 11.6 Å². The third-order valence-electron chi connectivity index (χ3n) is 1.85. The Hall–Kier alpha value is -2.33. The van der Waals surface area contributed by atoms with Crippen LogP contribution in [0.4, 0.5) is 11.4 Å². The molecule has 2 N–H and O–H groups in total. The van der Waals surface area contributed by atoms with E-state index in [1.54, 1.807) is 0 Å². The smallest absolute Gasteiger partial charge is 0.337 e. The van der Waals surface area contributed by atoms with Crippen LogP contribution in [-0.4, -0.2) is 44.4 Å². The molecule has 1 aromatic rings. The predicted octanol–water partition coefficient (Wildman–Crippen LogP) is -0.370. The van der Waals surface area contributed by atoms with Gasteiger partial charge in [-0.15, -0.1) is 0 Å². The number of aromatic nitrogens is 1. The van der Waals surface area contributed by atoms with E-state index in [1.165, 1.54) is 0 Å². The first-order valence-corrected chi connectivity index (χ1v) is 4.66. The average Bonchev–Trinajstić information content (AvgIpc) is 2.35. The summed E-state index contributed by atoms with van der Waals surface area (Å²) in [6, 6.07) is 0.702. The number of aliphatic hydroxyl groups excluding tert-OH is 2. The zero-order valence-corrected chi connectivity index (χ0v) is 8.92. The van der Waals surface area contributed by atoms with Crippen molar-refractivity contribution in [1.29, 1.82) is 0 Å². The maximum absolute atomic E-state index is 10.7. The molecule has 1 aromatic heterocycles. The lowest BCUT2D eigenvalue weighted by atomic mass is 10.3. The average molecular weight is 259 g/mol. The van der Waals surface area contributed by atoms with E-state index in [-0.39, 0.29) is 0 Å². The fraction of sp³-hybridized carbons (Fsp3) is 0.375. The molecule has 0 saturated heterocycles. The third kappa shape index (κ3) is 3.33. The minimum atomic E-state index is -1.22.